The lowest BCUT2D eigenvalue weighted by atomic mass is 9.88. The monoisotopic (exact) mass is 548 g/mol. The average molecular weight is 549 g/mol. The van der Waals surface area contributed by atoms with Crippen LogP contribution in [0.2, 0.25) is 0 Å². The van der Waals surface area contributed by atoms with Gasteiger partial charge in [0, 0.05) is 45.6 Å². The molecule has 0 aliphatic carbocycles. The van der Waals surface area contributed by atoms with E-state index in [1.807, 2.05) is 0 Å². The van der Waals surface area contributed by atoms with Gasteiger partial charge in [-0.05, 0) is 19.4 Å². The van der Waals surface area contributed by atoms with Crippen molar-refractivity contribution in [3.63, 3.8) is 0 Å². The highest BCUT2D eigenvalue weighted by Crippen LogP contribution is 2.31. The second-order valence-corrected chi connectivity index (χ2v) is 13.4. The number of aryl methyl sites for hydroxylation is 1. The van der Waals surface area contributed by atoms with Gasteiger partial charge in [-0.3, -0.25) is 0 Å². The predicted octanol–water partition coefficient (Wildman–Crippen LogP) is 4.87. The molecule has 216 valence electrons. The summed E-state index contributed by atoms with van der Waals surface area (Å²) in [5, 5.41) is 20.4. The Morgan fingerprint density at radius 2 is 1.55 bits per heavy atom. The van der Waals surface area contributed by atoms with Crippen molar-refractivity contribution in [2.24, 2.45) is 0 Å². The van der Waals surface area contributed by atoms with Crippen molar-refractivity contribution in [1.29, 1.82) is 0 Å². The summed E-state index contributed by atoms with van der Waals surface area (Å²) >= 11 is 0. The quantitative estimate of drug-likeness (QED) is 0.176. The molecule has 0 atom stereocenters. The van der Waals surface area contributed by atoms with Crippen molar-refractivity contribution in [3.8, 4) is 0 Å². The first-order valence-electron chi connectivity index (χ1n) is 14.1. The molecular weight excluding hydrogens is 504 g/mol. The van der Waals surface area contributed by atoms with Gasteiger partial charge in [0.2, 0.25) is 0 Å². The second-order valence-electron chi connectivity index (χ2n) is 13.4. The van der Waals surface area contributed by atoms with E-state index >= 15 is 0 Å². The van der Waals surface area contributed by atoms with E-state index in [1.54, 1.807) is 16.2 Å². The SMILES string of the molecule is C=C(C)C(=O)OCCCn1c(C(C)C)nn2nc(C(C)(C)C)c(C=c3c(C(C)(C)C)nn4nc(C(C)C)nc34)c12. The van der Waals surface area contributed by atoms with E-state index in [4.69, 9.17) is 25.0 Å². The number of ether oxygens (including phenoxy) is 1. The molecule has 0 aliphatic rings. The van der Waals surface area contributed by atoms with Crippen LogP contribution >= 0.6 is 0 Å². The molecule has 0 N–H and O–H groups in total. The molecular formula is C30H44N8O2. The summed E-state index contributed by atoms with van der Waals surface area (Å²) in [6, 6.07) is 0. The second kappa shape index (κ2) is 10.4. The van der Waals surface area contributed by atoms with Gasteiger partial charge in [0.25, 0.3) is 0 Å². The Labute approximate surface area is 236 Å². The number of esters is 1. The molecule has 0 saturated carbocycles. The fourth-order valence-corrected chi connectivity index (χ4v) is 4.73. The van der Waals surface area contributed by atoms with Crippen LogP contribution in [0.3, 0.4) is 0 Å². The van der Waals surface area contributed by atoms with Crippen LogP contribution < -0.4 is 5.22 Å². The first-order chi connectivity index (χ1) is 18.5. The summed E-state index contributed by atoms with van der Waals surface area (Å²) in [6.45, 7) is 27.6. The van der Waals surface area contributed by atoms with Crippen molar-refractivity contribution in [2.45, 2.75) is 112 Å². The largest absolute Gasteiger partial charge is 0.462 e. The molecule has 0 aromatic carbocycles. The van der Waals surface area contributed by atoms with Crippen molar-refractivity contribution in [2.75, 3.05) is 6.61 Å². The maximum atomic E-state index is 11.9. The number of hydrogen-bond acceptors (Lipinski definition) is 7. The lowest BCUT2D eigenvalue weighted by Crippen LogP contribution is -2.23. The number of carbonyl (C=O) groups excluding carboxylic acids is 1. The van der Waals surface area contributed by atoms with Gasteiger partial charge in [0.15, 0.2) is 17.1 Å². The Hall–Kier alpha value is -3.56. The number of fused-ring (bicyclic) bond motifs is 2. The third-order valence-corrected chi connectivity index (χ3v) is 6.76. The predicted molar refractivity (Wildman–Crippen MR) is 157 cm³/mol. The summed E-state index contributed by atoms with van der Waals surface area (Å²) in [7, 11) is 0. The molecule has 4 aromatic rings. The van der Waals surface area contributed by atoms with Gasteiger partial charge in [-0.1, -0.05) is 75.8 Å². The van der Waals surface area contributed by atoms with Crippen molar-refractivity contribution in [1.82, 2.24) is 39.2 Å². The van der Waals surface area contributed by atoms with E-state index in [1.165, 1.54) is 0 Å². The molecule has 4 heterocycles. The van der Waals surface area contributed by atoms with E-state index in [2.05, 4.69) is 91.6 Å². The molecule has 0 fully saturated rings. The fraction of sp³-hybridized carbons (Fsp3) is 0.600. The van der Waals surface area contributed by atoms with Crippen molar-refractivity contribution >= 4 is 23.3 Å². The number of carbonyl (C=O) groups is 1. The van der Waals surface area contributed by atoms with Crippen molar-refractivity contribution in [3.05, 3.63) is 46.0 Å². The number of rotatable bonds is 8. The van der Waals surface area contributed by atoms with Gasteiger partial charge < -0.3 is 9.30 Å². The number of hydrogen-bond donors (Lipinski definition) is 0. The van der Waals surface area contributed by atoms with Crippen LogP contribution in [-0.2, 0) is 26.9 Å². The summed E-state index contributed by atoms with van der Waals surface area (Å²) < 4.78 is 11.0. The molecule has 0 bridgehead atoms. The summed E-state index contributed by atoms with van der Waals surface area (Å²) in [5.74, 6) is 1.69. The standard InChI is InChI=1S/C30H44N8O2/c1-17(2)24-31-26-20(22(29(7,8)9)32-37(26)34-24)16-21-23(30(10,11)12)33-38-27(21)36(25(35-38)18(3)4)14-13-15-40-28(39)19(5)6/h16-18H,5,13-15H2,1-4,6-12H3. The van der Waals surface area contributed by atoms with Crippen LogP contribution in [0.25, 0.3) is 17.4 Å². The van der Waals surface area contributed by atoms with Crippen LogP contribution in [0.5, 0.6) is 0 Å². The first kappa shape index (κ1) is 29.4. The fourth-order valence-electron chi connectivity index (χ4n) is 4.73. The summed E-state index contributed by atoms with van der Waals surface area (Å²) in [5.41, 5.74) is 4.44. The Bertz CT molecular complexity index is 1620. The Balaban J connectivity index is 1.98. The van der Waals surface area contributed by atoms with Crippen LogP contribution in [0, 0.1) is 0 Å². The minimum atomic E-state index is -0.371. The van der Waals surface area contributed by atoms with Crippen LogP contribution in [0.4, 0.5) is 0 Å². The van der Waals surface area contributed by atoms with E-state index in [0.29, 0.717) is 25.1 Å². The zero-order valence-corrected chi connectivity index (χ0v) is 26.0. The Morgan fingerprint density at radius 3 is 2.10 bits per heavy atom. The topological polar surface area (TPSA) is 104 Å². The van der Waals surface area contributed by atoms with Gasteiger partial charge in [0.1, 0.15) is 5.82 Å². The van der Waals surface area contributed by atoms with Gasteiger partial charge in [-0.2, -0.15) is 10.2 Å². The van der Waals surface area contributed by atoms with E-state index in [-0.39, 0.29) is 28.6 Å². The number of nitrogens with zero attached hydrogens (tertiary/aromatic N) is 8. The molecule has 0 radical (unpaired) electrons. The highest BCUT2D eigenvalue weighted by molar-refractivity contribution is 5.86. The smallest absolute Gasteiger partial charge is 0.333 e. The molecule has 0 saturated heterocycles. The minimum absolute atomic E-state index is 0.174. The van der Waals surface area contributed by atoms with Crippen LogP contribution in [-0.4, -0.2) is 51.8 Å². The lowest BCUT2D eigenvalue weighted by Gasteiger charge is -2.18. The highest BCUT2D eigenvalue weighted by atomic mass is 16.5. The molecule has 0 amide bonds. The molecule has 10 nitrogen and oxygen atoms in total. The molecule has 4 aromatic heterocycles. The molecule has 10 heteroatoms. The van der Waals surface area contributed by atoms with Gasteiger partial charge >= 0.3 is 5.97 Å². The summed E-state index contributed by atoms with van der Waals surface area (Å²) in [4.78, 5) is 16.8. The van der Waals surface area contributed by atoms with Gasteiger partial charge in [-0.25, -0.2) is 9.78 Å². The van der Waals surface area contributed by atoms with E-state index < -0.39 is 0 Å². The zero-order chi connectivity index (χ0) is 29.7. The average Bonchev–Trinajstić information content (AvgIpc) is 3.55. The first-order valence-corrected chi connectivity index (χ1v) is 14.1. The maximum absolute atomic E-state index is 11.9. The molecule has 0 unspecified atom stereocenters. The van der Waals surface area contributed by atoms with Crippen LogP contribution in [0.15, 0.2) is 12.2 Å². The molecule has 4 rings (SSSR count). The Morgan fingerprint density at radius 1 is 0.925 bits per heavy atom. The van der Waals surface area contributed by atoms with Crippen molar-refractivity contribution < 1.29 is 9.53 Å². The van der Waals surface area contributed by atoms with Gasteiger partial charge in [-0.15, -0.1) is 19.5 Å². The third kappa shape index (κ3) is 5.53. The Kier molecular flexibility index (Phi) is 7.68. The highest BCUT2D eigenvalue weighted by Gasteiger charge is 2.30. The normalized spacial score (nSPS) is 13.5. The van der Waals surface area contributed by atoms with E-state index in [0.717, 1.165) is 45.1 Å². The minimum Gasteiger partial charge on any atom is -0.462 e. The lowest BCUT2D eigenvalue weighted by molar-refractivity contribution is -0.139. The van der Waals surface area contributed by atoms with Crippen LogP contribution in [0.1, 0.15) is 123 Å². The molecule has 0 aliphatic heterocycles. The van der Waals surface area contributed by atoms with Gasteiger partial charge in [0.05, 0.1) is 18.0 Å². The zero-order valence-electron chi connectivity index (χ0n) is 26.0. The molecule has 40 heavy (non-hydrogen) atoms. The summed E-state index contributed by atoms with van der Waals surface area (Å²) in [6.07, 6.45) is 2.81. The third-order valence-electron chi connectivity index (χ3n) is 6.76. The molecule has 0 spiro atoms. The maximum Gasteiger partial charge on any atom is 0.333 e. The number of aromatic nitrogens is 8. The van der Waals surface area contributed by atoms with E-state index in [9.17, 15) is 4.79 Å².